The summed E-state index contributed by atoms with van der Waals surface area (Å²) in [5.41, 5.74) is 0.0480. The van der Waals surface area contributed by atoms with Crippen LogP contribution in [0.15, 0.2) is 41.8 Å². The molecule has 0 bridgehead atoms. The maximum absolute atomic E-state index is 11.8. The number of hydrogen-bond acceptors (Lipinski definition) is 4. The number of rotatable bonds is 4. The zero-order valence-corrected chi connectivity index (χ0v) is 9.66. The Hall–Kier alpha value is -1.62. The summed E-state index contributed by atoms with van der Waals surface area (Å²) in [4.78, 5) is 11.3. The number of methoxy groups -OCH3 is 1. The van der Waals surface area contributed by atoms with E-state index in [9.17, 15) is 13.2 Å². The van der Waals surface area contributed by atoms with Crippen molar-refractivity contribution in [1.29, 1.82) is 0 Å². The molecule has 1 aromatic carbocycles. The lowest BCUT2D eigenvalue weighted by Crippen LogP contribution is -2.12. The first-order chi connectivity index (χ1) is 7.53. The molecule has 0 amide bonds. The van der Waals surface area contributed by atoms with Gasteiger partial charge in [0, 0.05) is 0 Å². The van der Waals surface area contributed by atoms with Gasteiger partial charge in [-0.3, -0.25) is 0 Å². The average molecular weight is 240 g/mol. The Morgan fingerprint density at radius 2 is 2.06 bits per heavy atom. The van der Waals surface area contributed by atoms with E-state index in [-0.39, 0.29) is 16.2 Å². The fourth-order valence-corrected chi connectivity index (χ4v) is 2.52. The Morgan fingerprint density at radius 3 is 2.62 bits per heavy atom. The number of sulfone groups is 1. The van der Waals surface area contributed by atoms with Gasteiger partial charge in [0.05, 0.1) is 23.3 Å². The van der Waals surface area contributed by atoms with Gasteiger partial charge in [0.1, 0.15) is 0 Å². The van der Waals surface area contributed by atoms with Gasteiger partial charge >= 0.3 is 5.97 Å². The molecule has 0 aliphatic heterocycles. The maximum Gasteiger partial charge on any atom is 0.339 e. The van der Waals surface area contributed by atoms with Gasteiger partial charge in [-0.1, -0.05) is 18.2 Å². The van der Waals surface area contributed by atoms with Crippen molar-refractivity contribution >= 4 is 15.8 Å². The van der Waals surface area contributed by atoms with Gasteiger partial charge in [0.25, 0.3) is 0 Å². The highest BCUT2D eigenvalue weighted by molar-refractivity contribution is 7.91. The molecule has 1 aromatic rings. The second-order valence-corrected chi connectivity index (χ2v) is 5.06. The summed E-state index contributed by atoms with van der Waals surface area (Å²) in [5.74, 6) is -0.871. The SMILES string of the molecule is C=CCS(=O)(=O)c1ccccc1C(=O)OC. The first kappa shape index (κ1) is 12.4. The molecule has 0 fully saturated rings. The molecular formula is C11H12O4S. The van der Waals surface area contributed by atoms with Gasteiger partial charge in [-0.15, -0.1) is 6.58 Å². The Labute approximate surface area is 94.5 Å². The molecule has 0 heterocycles. The Kier molecular flexibility index (Phi) is 3.84. The summed E-state index contributed by atoms with van der Waals surface area (Å²) in [7, 11) is -2.31. The molecule has 0 saturated carbocycles. The third-order valence-corrected chi connectivity index (χ3v) is 3.67. The van der Waals surface area contributed by atoms with Crippen molar-refractivity contribution in [3.63, 3.8) is 0 Å². The lowest BCUT2D eigenvalue weighted by Gasteiger charge is -2.06. The molecule has 0 spiro atoms. The van der Waals surface area contributed by atoms with Crippen LogP contribution in [0.5, 0.6) is 0 Å². The van der Waals surface area contributed by atoms with Crippen molar-refractivity contribution in [2.75, 3.05) is 12.9 Å². The van der Waals surface area contributed by atoms with Crippen molar-refractivity contribution in [2.45, 2.75) is 4.90 Å². The molecule has 4 nitrogen and oxygen atoms in total. The molecule has 86 valence electrons. The highest BCUT2D eigenvalue weighted by Gasteiger charge is 2.21. The van der Waals surface area contributed by atoms with Crippen molar-refractivity contribution in [1.82, 2.24) is 0 Å². The summed E-state index contributed by atoms with van der Waals surface area (Å²) in [6, 6.07) is 5.94. The Balaban J connectivity index is 3.34. The van der Waals surface area contributed by atoms with Crippen molar-refractivity contribution in [3.05, 3.63) is 42.5 Å². The van der Waals surface area contributed by atoms with Crippen LogP contribution in [0.1, 0.15) is 10.4 Å². The van der Waals surface area contributed by atoms with E-state index < -0.39 is 15.8 Å². The highest BCUT2D eigenvalue weighted by atomic mass is 32.2. The van der Waals surface area contributed by atoms with E-state index in [2.05, 4.69) is 11.3 Å². The number of hydrogen-bond donors (Lipinski definition) is 0. The molecule has 0 aromatic heterocycles. The van der Waals surface area contributed by atoms with E-state index in [1.54, 1.807) is 12.1 Å². The number of carbonyl (C=O) groups is 1. The standard InChI is InChI=1S/C11H12O4S/c1-3-8-16(13,14)10-7-5-4-6-9(10)11(12)15-2/h3-7H,1,8H2,2H3. The molecule has 0 saturated heterocycles. The van der Waals surface area contributed by atoms with Crippen LogP contribution >= 0.6 is 0 Å². The minimum absolute atomic E-state index is 0.0262. The first-order valence-corrected chi connectivity index (χ1v) is 6.19. The molecule has 1 rings (SSSR count). The van der Waals surface area contributed by atoms with E-state index in [0.717, 1.165) is 0 Å². The van der Waals surface area contributed by atoms with Crippen LogP contribution in [0.3, 0.4) is 0 Å². The molecule has 0 aliphatic rings. The van der Waals surface area contributed by atoms with Crippen LogP contribution in [0.25, 0.3) is 0 Å². The number of benzene rings is 1. The molecular weight excluding hydrogens is 228 g/mol. The van der Waals surface area contributed by atoms with Gasteiger partial charge in [0.15, 0.2) is 9.84 Å². The second-order valence-electron chi connectivity index (χ2n) is 3.06. The normalized spacial score (nSPS) is 10.8. The molecule has 5 heteroatoms. The van der Waals surface area contributed by atoms with E-state index in [4.69, 9.17) is 0 Å². The van der Waals surface area contributed by atoms with E-state index in [1.807, 2.05) is 0 Å². The molecule has 0 atom stereocenters. The fourth-order valence-electron chi connectivity index (χ4n) is 1.26. The highest BCUT2D eigenvalue weighted by Crippen LogP contribution is 2.17. The molecule has 0 unspecified atom stereocenters. The minimum atomic E-state index is -3.52. The van der Waals surface area contributed by atoms with Crippen molar-refractivity contribution in [3.8, 4) is 0 Å². The van der Waals surface area contributed by atoms with E-state index in [0.29, 0.717) is 0 Å². The largest absolute Gasteiger partial charge is 0.465 e. The zero-order chi connectivity index (χ0) is 12.2. The number of carbonyl (C=O) groups excluding carboxylic acids is 1. The minimum Gasteiger partial charge on any atom is -0.465 e. The molecule has 0 radical (unpaired) electrons. The smallest absolute Gasteiger partial charge is 0.339 e. The summed E-state index contributed by atoms with van der Waals surface area (Å²) < 4.78 is 28.1. The van der Waals surface area contributed by atoms with Crippen molar-refractivity contribution in [2.24, 2.45) is 0 Å². The summed E-state index contributed by atoms with van der Waals surface area (Å²) in [6.07, 6.45) is 1.28. The van der Waals surface area contributed by atoms with Crippen molar-refractivity contribution < 1.29 is 17.9 Å². The van der Waals surface area contributed by atoms with Gasteiger partial charge < -0.3 is 4.74 Å². The zero-order valence-electron chi connectivity index (χ0n) is 8.84. The van der Waals surface area contributed by atoms with Gasteiger partial charge in [-0.05, 0) is 12.1 Å². The molecule has 0 N–H and O–H groups in total. The summed E-state index contributed by atoms with van der Waals surface area (Å²) >= 11 is 0. The van der Waals surface area contributed by atoms with Gasteiger partial charge in [0.2, 0.25) is 0 Å². The molecule has 16 heavy (non-hydrogen) atoms. The predicted molar refractivity (Wildman–Crippen MR) is 60.0 cm³/mol. The monoisotopic (exact) mass is 240 g/mol. The second kappa shape index (κ2) is 4.94. The van der Waals surface area contributed by atoms with Crippen LogP contribution in [-0.4, -0.2) is 27.2 Å². The predicted octanol–water partition coefficient (Wildman–Crippen LogP) is 1.43. The van der Waals surface area contributed by atoms with E-state index >= 15 is 0 Å². The fraction of sp³-hybridized carbons (Fsp3) is 0.182. The van der Waals surface area contributed by atoms with Crippen LogP contribution < -0.4 is 0 Å². The molecule has 0 aliphatic carbocycles. The number of ether oxygens (including phenoxy) is 1. The maximum atomic E-state index is 11.8. The summed E-state index contributed by atoms with van der Waals surface area (Å²) in [6.45, 7) is 3.37. The third-order valence-electron chi connectivity index (χ3n) is 1.96. The van der Waals surface area contributed by atoms with Crippen LogP contribution in [0.2, 0.25) is 0 Å². The van der Waals surface area contributed by atoms with Crippen LogP contribution in [0.4, 0.5) is 0 Å². The lowest BCUT2D eigenvalue weighted by atomic mass is 10.2. The van der Waals surface area contributed by atoms with E-state index in [1.165, 1.54) is 25.3 Å². The van der Waals surface area contributed by atoms with Gasteiger partial charge in [-0.2, -0.15) is 0 Å². The lowest BCUT2D eigenvalue weighted by molar-refractivity contribution is 0.0596. The van der Waals surface area contributed by atoms with Crippen LogP contribution in [0, 0.1) is 0 Å². The topological polar surface area (TPSA) is 60.4 Å². The summed E-state index contributed by atoms with van der Waals surface area (Å²) in [5, 5.41) is 0. The third kappa shape index (κ3) is 2.49. The first-order valence-electron chi connectivity index (χ1n) is 4.54. The van der Waals surface area contributed by atoms with Gasteiger partial charge in [-0.25, -0.2) is 13.2 Å². The number of esters is 1. The van der Waals surface area contributed by atoms with Crippen LogP contribution in [-0.2, 0) is 14.6 Å². The Bertz CT molecular complexity index is 502. The average Bonchev–Trinajstić information content (AvgIpc) is 2.28. The Morgan fingerprint density at radius 1 is 1.44 bits per heavy atom. The quantitative estimate of drug-likeness (QED) is 0.590.